The lowest BCUT2D eigenvalue weighted by atomic mass is 9.86. The highest BCUT2D eigenvalue weighted by Gasteiger charge is 2.41. The van der Waals surface area contributed by atoms with Crippen molar-refractivity contribution < 1.29 is 19.1 Å². The first-order chi connectivity index (χ1) is 10.2. The topological polar surface area (TPSA) is 55.8 Å². The minimum absolute atomic E-state index is 0.213. The van der Waals surface area contributed by atoms with E-state index in [2.05, 4.69) is 4.74 Å². The maximum atomic E-state index is 12.5. The smallest absolute Gasteiger partial charge is 0.308 e. The van der Waals surface area contributed by atoms with E-state index in [0.29, 0.717) is 32.0 Å². The zero-order valence-corrected chi connectivity index (χ0v) is 12.8. The molecule has 0 aromatic heterocycles. The molecule has 0 radical (unpaired) electrons. The molecule has 0 aromatic rings. The monoisotopic (exact) mass is 295 g/mol. The standard InChI is InChI=1S/C16H25NO4/c1-20-16(19)9-14-10-17(4-5-21-14)15(18)8-13-7-11-2-3-12(13)6-11/h11-14H,2-10H2,1H3. The Hall–Kier alpha value is -1.10. The number of ether oxygens (including phenoxy) is 2. The average Bonchev–Trinajstić information content (AvgIpc) is 3.10. The van der Waals surface area contributed by atoms with E-state index < -0.39 is 0 Å². The van der Waals surface area contributed by atoms with E-state index >= 15 is 0 Å². The molecule has 0 N–H and O–H groups in total. The van der Waals surface area contributed by atoms with Crippen molar-refractivity contribution in [2.45, 2.75) is 44.6 Å². The quantitative estimate of drug-likeness (QED) is 0.739. The molecule has 1 heterocycles. The van der Waals surface area contributed by atoms with E-state index in [1.165, 1.54) is 32.8 Å². The second kappa shape index (κ2) is 6.34. The molecule has 21 heavy (non-hydrogen) atoms. The highest BCUT2D eigenvalue weighted by molar-refractivity contribution is 5.77. The third-order valence-corrected chi connectivity index (χ3v) is 5.43. The van der Waals surface area contributed by atoms with Crippen LogP contribution in [0.15, 0.2) is 0 Å². The summed E-state index contributed by atoms with van der Waals surface area (Å²) < 4.78 is 10.2. The van der Waals surface area contributed by atoms with Gasteiger partial charge < -0.3 is 14.4 Å². The molecule has 0 spiro atoms. The molecule has 1 aliphatic heterocycles. The largest absolute Gasteiger partial charge is 0.469 e. The molecular formula is C16H25NO4. The molecule has 2 bridgehead atoms. The van der Waals surface area contributed by atoms with Crippen molar-refractivity contribution in [3.05, 3.63) is 0 Å². The Labute approximate surface area is 126 Å². The van der Waals surface area contributed by atoms with Crippen LogP contribution in [0, 0.1) is 17.8 Å². The van der Waals surface area contributed by atoms with Crippen LogP contribution >= 0.6 is 0 Å². The lowest BCUT2D eigenvalue weighted by molar-refractivity contribution is -0.150. The van der Waals surface area contributed by atoms with Crippen LogP contribution in [0.3, 0.4) is 0 Å². The molecule has 3 rings (SSSR count). The Bertz CT molecular complexity index is 411. The fourth-order valence-electron chi connectivity index (χ4n) is 4.32. The molecule has 1 amide bonds. The molecule has 2 aliphatic carbocycles. The third-order valence-electron chi connectivity index (χ3n) is 5.43. The summed E-state index contributed by atoms with van der Waals surface area (Å²) in [6.45, 7) is 1.69. The molecule has 118 valence electrons. The molecule has 2 saturated carbocycles. The molecule has 4 atom stereocenters. The van der Waals surface area contributed by atoms with E-state index in [1.807, 2.05) is 4.90 Å². The van der Waals surface area contributed by atoms with E-state index in [4.69, 9.17) is 4.74 Å². The Kier molecular flexibility index (Phi) is 4.48. The van der Waals surface area contributed by atoms with Crippen molar-refractivity contribution in [3.8, 4) is 0 Å². The van der Waals surface area contributed by atoms with Crippen LogP contribution in [0.2, 0.25) is 0 Å². The summed E-state index contributed by atoms with van der Waals surface area (Å²) >= 11 is 0. The Morgan fingerprint density at radius 2 is 2.10 bits per heavy atom. The van der Waals surface area contributed by atoms with Gasteiger partial charge in [-0.05, 0) is 37.0 Å². The minimum atomic E-state index is -0.276. The first kappa shape index (κ1) is 14.8. The van der Waals surface area contributed by atoms with E-state index in [9.17, 15) is 9.59 Å². The summed E-state index contributed by atoms with van der Waals surface area (Å²) in [5.74, 6) is 2.22. The van der Waals surface area contributed by atoms with Crippen molar-refractivity contribution in [3.63, 3.8) is 0 Å². The van der Waals surface area contributed by atoms with Gasteiger partial charge in [0, 0.05) is 19.5 Å². The number of nitrogens with zero attached hydrogens (tertiary/aromatic N) is 1. The Morgan fingerprint density at radius 1 is 1.24 bits per heavy atom. The average molecular weight is 295 g/mol. The number of hydrogen-bond donors (Lipinski definition) is 0. The zero-order chi connectivity index (χ0) is 14.8. The maximum absolute atomic E-state index is 12.5. The van der Waals surface area contributed by atoms with E-state index in [-0.39, 0.29) is 24.4 Å². The van der Waals surface area contributed by atoms with Crippen LogP contribution in [0.5, 0.6) is 0 Å². The Balaban J connectivity index is 1.49. The van der Waals surface area contributed by atoms with Gasteiger partial charge in [-0.1, -0.05) is 6.42 Å². The Morgan fingerprint density at radius 3 is 2.76 bits per heavy atom. The van der Waals surface area contributed by atoms with Gasteiger partial charge in [0.2, 0.25) is 5.91 Å². The van der Waals surface area contributed by atoms with Gasteiger partial charge in [0.15, 0.2) is 0 Å². The second-order valence-corrected chi connectivity index (χ2v) is 6.75. The number of morpholine rings is 1. The lowest BCUT2D eigenvalue weighted by Crippen LogP contribution is -2.46. The van der Waals surface area contributed by atoms with Crippen LogP contribution in [0.25, 0.3) is 0 Å². The van der Waals surface area contributed by atoms with Crippen LogP contribution in [0.1, 0.15) is 38.5 Å². The molecule has 3 aliphatic rings. The third kappa shape index (κ3) is 3.39. The van der Waals surface area contributed by atoms with E-state index in [1.54, 1.807) is 0 Å². The first-order valence-electron chi connectivity index (χ1n) is 8.12. The molecule has 3 fully saturated rings. The van der Waals surface area contributed by atoms with Crippen molar-refractivity contribution in [1.29, 1.82) is 0 Å². The predicted octanol–water partition coefficient (Wildman–Crippen LogP) is 1.60. The van der Waals surface area contributed by atoms with Gasteiger partial charge in [-0.2, -0.15) is 0 Å². The van der Waals surface area contributed by atoms with Gasteiger partial charge in [-0.3, -0.25) is 9.59 Å². The lowest BCUT2D eigenvalue weighted by Gasteiger charge is -2.34. The molecule has 0 aromatic carbocycles. The summed E-state index contributed by atoms with van der Waals surface area (Å²) in [4.78, 5) is 25.7. The maximum Gasteiger partial charge on any atom is 0.308 e. The second-order valence-electron chi connectivity index (χ2n) is 6.75. The highest BCUT2D eigenvalue weighted by atomic mass is 16.5. The summed E-state index contributed by atoms with van der Waals surface area (Å²) in [5, 5.41) is 0. The van der Waals surface area contributed by atoms with Gasteiger partial charge in [-0.25, -0.2) is 0 Å². The zero-order valence-electron chi connectivity index (χ0n) is 12.8. The summed E-state index contributed by atoms with van der Waals surface area (Å²) in [6, 6.07) is 0. The number of carbonyl (C=O) groups is 2. The van der Waals surface area contributed by atoms with Crippen LogP contribution in [0.4, 0.5) is 0 Å². The van der Waals surface area contributed by atoms with E-state index in [0.717, 1.165) is 11.8 Å². The predicted molar refractivity (Wildman–Crippen MR) is 76.5 cm³/mol. The van der Waals surface area contributed by atoms with Gasteiger partial charge in [0.1, 0.15) is 0 Å². The number of carbonyl (C=O) groups excluding carboxylic acids is 2. The highest BCUT2D eigenvalue weighted by Crippen LogP contribution is 2.49. The number of amides is 1. The van der Waals surface area contributed by atoms with Crippen molar-refractivity contribution in [1.82, 2.24) is 4.90 Å². The number of esters is 1. The van der Waals surface area contributed by atoms with Crippen molar-refractivity contribution >= 4 is 11.9 Å². The van der Waals surface area contributed by atoms with Crippen LogP contribution in [-0.2, 0) is 19.1 Å². The number of methoxy groups -OCH3 is 1. The number of fused-ring (bicyclic) bond motifs is 2. The van der Waals surface area contributed by atoms with Crippen molar-refractivity contribution in [2.75, 3.05) is 26.8 Å². The minimum Gasteiger partial charge on any atom is -0.469 e. The normalized spacial score (nSPS) is 35.0. The van der Waals surface area contributed by atoms with Gasteiger partial charge in [-0.15, -0.1) is 0 Å². The fourth-order valence-corrected chi connectivity index (χ4v) is 4.32. The summed E-state index contributed by atoms with van der Waals surface area (Å²) in [5.41, 5.74) is 0. The van der Waals surface area contributed by atoms with Crippen molar-refractivity contribution in [2.24, 2.45) is 17.8 Å². The summed E-state index contributed by atoms with van der Waals surface area (Å²) in [7, 11) is 1.38. The molecular weight excluding hydrogens is 270 g/mol. The fraction of sp³-hybridized carbons (Fsp3) is 0.875. The molecule has 5 nitrogen and oxygen atoms in total. The van der Waals surface area contributed by atoms with Gasteiger partial charge in [0.05, 0.1) is 26.2 Å². The number of rotatable bonds is 4. The first-order valence-corrected chi connectivity index (χ1v) is 8.12. The molecule has 1 saturated heterocycles. The molecule has 5 heteroatoms. The number of hydrogen-bond acceptors (Lipinski definition) is 4. The van der Waals surface area contributed by atoms with Gasteiger partial charge >= 0.3 is 5.97 Å². The molecule has 4 unspecified atom stereocenters. The van der Waals surface area contributed by atoms with Gasteiger partial charge in [0.25, 0.3) is 0 Å². The van der Waals surface area contributed by atoms with Crippen LogP contribution < -0.4 is 0 Å². The summed E-state index contributed by atoms with van der Waals surface area (Å²) in [6.07, 6.45) is 5.97. The SMILES string of the molecule is COC(=O)CC1CN(C(=O)CC2CC3CCC2C3)CCO1. The van der Waals surface area contributed by atoms with Crippen LogP contribution in [-0.4, -0.2) is 49.7 Å².